The Morgan fingerprint density at radius 1 is 1.33 bits per heavy atom. The van der Waals surface area contributed by atoms with Crippen LogP contribution in [0.3, 0.4) is 0 Å². The van der Waals surface area contributed by atoms with Crippen LogP contribution in [-0.2, 0) is 11.2 Å². The van der Waals surface area contributed by atoms with Gasteiger partial charge in [-0.1, -0.05) is 6.07 Å². The summed E-state index contributed by atoms with van der Waals surface area (Å²) < 4.78 is 11.0. The van der Waals surface area contributed by atoms with Gasteiger partial charge in [-0.2, -0.15) is 0 Å². The second-order valence-corrected chi connectivity index (χ2v) is 5.72. The minimum atomic E-state index is 0.000952. The third-order valence-electron chi connectivity index (χ3n) is 3.23. The Morgan fingerprint density at radius 2 is 2.10 bits per heavy atom. The molecule has 0 atom stereocenters. The Labute approximate surface area is 127 Å². The van der Waals surface area contributed by atoms with Crippen LogP contribution in [-0.4, -0.2) is 31.2 Å². The van der Waals surface area contributed by atoms with Gasteiger partial charge >= 0.3 is 0 Å². The van der Waals surface area contributed by atoms with Crippen LogP contribution >= 0.6 is 11.3 Å². The third-order valence-corrected chi connectivity index (χ3v) is 4.26. The molecule has 21 heavy (non-hydrogen) atoms. The van der Waals surface area contributed by atoms with Gasteiger partial charge in [-0.05, 0) is 24.6 Å². The molecular formula is C15H16N2O3S. The molecule has 5 nitrogen and oxygen atoms in total. The van der Waals surface area contributed by atoms with E-state index >= 15 is 0 Å². The fourth-order valence-electron chi connectivity index (χ4n) is 2.09. The molecule has 1 amide bonds. The second kappa shape index (κ2) is 5.73. The van der Waals surface area contributed by atoms with E-state index < -0.39 is 0 Å². The predicted molar refractivity (Wildman–Crippen MR) is 81.4 cm³/mol. The zero-order valence-corrected chi connectivity index (χ0v) is 12.8. The van der Waals surface area contributed by atoms with Gasteiger partial charge in [0.2, 0.25) is 5.91 Å². The lowest BCUT2D eigenvalue weighted by atomic mass is 10.1. The lowest BCUT2D eigenvalue weighted by Crippen LogP contribution is -2.27. The molecule has 0 unspecified atom stereocenters. The van der Waals surface area contributed by atoms with Gasteiger partial charge in [0, 0.05) is 12.4 Å². The van der Waals surface area contributed by atoms with E-state index in [1.807, 2.05) is 30.5 Å². The van der Waals surface area contributed by atoms with Crippen molar-refractivity contribution in [2.75, 3.05) is 25.2 Å². The number of nitrogens with zero attached hydrogens (tertiary/aromatic N) is 2. The Morgan fingerprint density at radius 3 is 2.81 bits per heavy atom. The van der Waals surface area contributed by atoms with Crippen molar-refractivity contribution >= 4 is 22.4 Å². The normalized spacial score (nSPS) is 13.0. The fraction of sp³-hybridized carbons (Fsp3) is 0.333. The fourth-order valence-corrected chi connectivity index (χ4v) is 2.88. The van der Waals surface area contributed by atoms with Crippen molar-refractivity contribution in [1.29, 1.82) is 0 Å². The summed E-state index contributed by atoms with van der Waals surface area (Å²) in [5, 5.41) is 2.65. The van der Waals surface area contributed by atoms with E-state index in [0.717, 1.165) is 22.1 Å². The minimum Gasteiger partial charge on any atom is -0.486 e. The number of amides is 1. The number of rotatable bonds is 3. The van der Waals surface area contributed by atoms with E-state index in [-0.39, 0.29) is 5.91 Å². The number of likely N-dealkylation sites (N-methyl/N-ethyl adjacent to an activating group) is 1. The molecule has 1 aliphatic rings. The molecule has 1 aliphatic heterocycles. The number of fused-ring (bicyclic) bond motifs is 1. The van der Waals surface area contributed by atoms with Crippen LogP contribution in [0, 0.1) is 6.92 Å². The maximum atomic E-state index is 12.3. The summed E-state index contributed by atoms with van der Waals surface area (Å²) in [5.74, 6) is 1.45. The van der Waals surface area contributed by atoms with Gasteiger partial charge in [0.1, 0.15) is 13.2 Å². The number of anilines is 1. The zero-order chi connectivity index (χ0) is 14.8. The van der Waals surface area contributed by atoms with Crippen molar-refractivity contribution in [2.24, 2.45) is 0 Å². The standard InChI is InChI=1S/C15H16N2O3S/c1-10-9-21-15(16-10)17(2)14(18)8-11-3-4-12-13(7-11)20-6-5-19-12/h3-4,7,9H,5-6,8H2,1-2H3. The summed E-state index contributed by atoms with van der Waals surface area (Å²) in [6, 6.07) is 5.62. The van der Waals surface area contributed by atoms with Gasteiger partial charge in [0.25, 0.3) is 0 Å². The first kappa shape index (κ1) is 13.9. The maximum Gasteiger partial charge on any atom is 0.232 e. The Kier molecular flexibility index (Phi) is 3.79. The van der Waals surface area contributed by atoms with Crippen LogP contribution in [0.15, 0.2) is 23.6 Å². The van der Waals surface area contributed by atoms with Crippen molar-refractivity contribution < 1.29 is 14.3 Å². The van der Waals surface area contributed by atoms with Crippen LogP contribution in [0.2, 0.25) is 0 Å². The number of carbonyl (C=O) groups excluding carboxylic acids is 1. The average molecular weight is 304 g/mol. The summed E-state index contributed by atoms with van der Waals surface area (Å²) in [7, 11) is 1.75. The summed E-state index contributed by atoms with van der Waals surface area (Å²) in [6.07, 6.45) is 0.311. The number of benzene rings is 1. The van der Waals surface area contributed by atoms with Crippen LogP contribution in [0.4, 0.5) is 5.13 Å². The van der Waals surface area contributed by atoms with Crippen molar-refractivity contribution in [3.8, 4) is 11.5 Å². The third kappa shape index (κ3) is 3.00. The average Bonchev–Trinajstić information content (AvgIpc) is 2.93. The van der Waals surface area contributed by atoms with E-state index in [2.05, 4.69) is 4.98 Å². The lowest BCUT2D eigenvalue weighted by Gasteiger charge is -2.19. The quantitative estimate of drug-likeness (QED) is 0.874. The van der Waals surface area contributed by atoms with Gasteiger partial charge < -0.3 is 9.47 Å². The first-order chi connectivity index (χ1) is 10.1. The highest BCUT2D eigenvalue weighted by atomic mass is 32.1. The molecule has 0 N–H and O–H groups in total. The molecule has 110 valence electrons. The van der Waals surface area contributed by atoms with Crippen molar-refractivity contribution in [3.63, 3.8) is 0 Å². The van der Waals surface area contributed by atoms with E-state index in [0.29, 0.717) is 25.4 Å². The molecule has 2 aromatic rings. The molecule has 1 aromatic heterocycles. The smallest absolute Gasteiger partial charge is 0.232 e. The van der Waals surface area contributed by atoms with Crippen LogP contribution in [0.1, 0.15) is 11.3 Å². The summed E-state index contributed by atoms with van der Waals surface area (Å²) in [4.78, 5) is 18.2. The number of hydrogen-bond donors (Lipinski definition) is 0. The topological polar surface area (TPSA) is 51.7 Å². The molecular weight excluding hydrogens is 288 g/mol. The van der Waals surface area contributed by atoms with Gasteiger partial charge in [-0.15, -0.1) is 11.3 Å². The number of carbonyl (C=O) groups is 1. The molecule has 1 aromatic carbocycles. The SMILES string of the molecule is Cc1csc(N(C)C(=O)Cc2ccc3c(c2)OCCO3)n1. The van der Waals surface area contributed by atoms with Crippen LogP contribution < -0.4 is 14.4 Å². The number of aromatic nitrogens is 1. The number of hydrogen-bond acceptors (Lipinski definition) is 5. The highest BCUT2D eigenvalue weighted by molar-refractivity contribution is 7.14. The molecule has 0 fully saturated rings. The highest BCUT2D eigenvalue weighted by Crippen LogP contribution is 2.31. The monoisotopic (exact) mass is 304 g/mol. The number of aryl methyl sites for hydroxylation is 1. The van der Waals surface area contributed by atoms with Crippen molar-refractivity contribution in [3.05, 3.63) is 34.8 Å². The number of thiazole rings is 1. The first-order valence-corrected chi connectivity index (χ1v) is 7.58. The predicted octanol–water partition coefficient (Wildman–Crippen LogP) is 2.43. The Bertz CT molecular complexity index is 669. The van der Waals surface area contributed by atoms with Crippen molar-refractivity contribution in [2.45, 2.75) is 13.3 Å². The maximum absolute atomic E-state index is 12.3. The first-order valence-electron chi connectivity index (χ1n) is 6.71. The van der Waals surface area contributed by atoms with Gasteiger partial charge in [0.05, 0.1) is 12.1 Å². The van der Waals surface area contributed by atoms with Crippen LogP contribution in [0.25, 0.3) is 0 Å². The molecule has 3 rings (SSSR count). The van der Waals surface area contributed by atoms with Crippen molar-refractivity contribution in [1.82, 2.24) is 4.98 Å². The molecule has 2 heterocycles. The second-order valence-electron chi connectivity index (χ2n) is 4.88. The summed E-state index contributed by atoms with van der Waals surface area (Å²) in [6.45, 7) is 3.03. The highest BCUT2D eigenvalue weighted by Gasteiger charge is 2.17. The molecule has 0 radical (unpaired) electrons. The van der Waals surface area contributed by atoms with Gasteiger partial charge in [-0.25, -0.2) is 4.98 Å². The Balaban J connectivity index is 1.72. The van der Waals surface area contributed by atoms with E-state index in [4.69, 9.17) is 9.47 Å². The summed E-state index contributed by atoms with van der Waals surface area (Å²) in [5.41, 5.74) is 1.83. The lowest BCUT2D eigenvalue weighted by molar-refractivity contribution is -0.117. The largest absolute Gasteiger partial charge is 0.486 e. The minimum absolute atomic E-state index is 0.000952. The molecule has 0 aliphatic carbocycles. The van der Waals surface area contributed by atoms with E-state index in [1.54, 1.807) is 11.9 Å². The molecule has 6 heteroatoms. The Hall–Kier alpha value is -2.08. The van der Waals surface area contributed by atoms with E-state index in [1.165, 1.54) is 11.3 Å². The summed E-state index contributed by atoms with van der Waals surface area (Å²) >= 11 is 1.47. The van der Waals surface area contributed by atoms with Crippen LogP contribution in [0.5, 0.6) is 11.5 Å². The molecule has 0 spiro atoms. The van der Waals surface area contributed by atoms with Gasteiger partial charge in [-0.3, -0.25) is 9.69 Å². The molecule has 0 saturated heterocycles. The van der Waals surface area contributed by atoms with E-state index in [9.17, 15) is 4.79 Å². The number of ether oxygens (including phenoxy) is 2. The zero-order valence-electron chi connectivity index (χ0n) is 12.0. The molecule has 0 saturated carbocycles. The van der Waals surface area contributed by atoms with Gasteiger partial charge in [0.15, 0.2) is 16.6 Å². The molecule has 0 bridgehead atoms.